The lowest BCUT2D eigenvalue weighted by molar-refractivity contribution is -0.117. The largest absolute Gasteiger partial charge is 0.353 e. The molecule has 0 unspecified atom stereocenters. The lowest BCUT2D eigenvalue weighted by atomic mass is 10.1. The van der Waals surface area contributed by atoms with Gasteiger partial charge in [-0.05, 0) is 49.2 Å². The Morgan fingerprint density at radius 1 is 1.03 bits per heavy atom. The van der Waals surface area contributed by atoms with Crippen molar-refractivity contribution in [2.45, 2.75) is 13.8 Å². The molecule has 0 spiro atoms. The molecule has 1 aromatic heterocycles. The smallest absolute Gasteiger partial charge is 0.329 e. The second-order valence-electron chi connectivity index (χ2n) is 7.42. The number of nitrogens with zero attached hydrogens (tertiary/aromatic N) is 4. The highest BCUT2D eigenvalue weighted by Crippen LogP contribution is 2.21. The normalized spacial score (nSPS) is 17.0. The molecule has 8 heteroatoms. The van der Waals surface area contributed by atoms with Crippen molar-refractivity contribution in [3.05, 3.63) is 53.2 Å². The van der Waals surface area contributed by atoms with Gasteiger partial charge in [-0.2, -0.15) is 0 Å². The lowest BCUT2D eigenvalue weighted by Gasteiger charge is -2.36. The zero-order valence-corrected chi connectivity index (χ0v) is 16.5. The third kappa shape index (κ3) is 3.78. The van der Waals surface area contributed by atoms with E-state index < -0.39 is 6.03 Å². The van der Waals surface area contributed by atoms with Crippen LogP contribution in [0.2, 0.25) is 0 Å². The molecule has 0 saturated carbocycles. The van der Waals surface area contributed by atoms with Gasteiger partial charge in [0.15, 0.2) is 0 Å². The maximum atomic E-state index is 12.8. The van der Waals surface area contributed by atoms with Crippen LogP contribution in [0.4, 0.5) is 16.3 Å². The third-order valence-corrected chi connectivity index (χ3v) is 5.27. The highest BCUT2D eigenvalue weighted by molar-refractivity contribution is 6.12. The molecule has 3 heterocycles. The first-order valence-electron chi connectivity index (χ1n) is 9.61. The minimum Gasteiger partial charge on any atom is -0.353 e. The second-order valence-corrected chi connectivity index (χ2v) is 7.42. The van der Waals surface area contributed by atoms with Gasteiger partial charge in [-0.1, -0.05) is 6.07 Å². The number of rotatable bonds is 3. The molecule has 8 nitrogen and oxygen atoms in total. The van der Waals surface area contributed by atoms with Gasteiger partial charge in [0.2, 0.25) is 5.91 Å². The number of carbonyl (C=O) groups excluding carboxylic acids is 3. The molecule has 0 bridgehead atoms. The molecule has 0 radical (unpaired) electrons. The van der Waals surface area contributed by atoms with Crippen LogP contribution in [0.15, 0.2) is 36.5 Å². The number of anilines is 2. The van der Waals surface area contributed by atoms with E-state index in [1.54, 1.807) is 24.3 Å². The molecule has 2 aromatic rings. The molecule has 2 fully saturated rings. The highest BCUT2D eigenvalue weighted by atomic mass is 16.2. The number of aromatic nitrogens is 1. The Hall–Kier alpha value is -3.42. The summed E-state index contributed by atoms with van der Waals surface area (Å²) in [6.45, 7) is 6.80. The van der Waals surface area contributed by atoms with Gasteiger partial charge >= 0.3 is 6.03 Å². The number of benzene rings is 1. The van der Waals surface area contributed by atoms with E-state index in [0.29, 0.717) is 24.3 Å². The first kappa shape index (κ1) is 18.9. The summed E-state index contributed by atoms with van der Waals surface area (Å²) in [5.74, 6) is 0.614. The van der Waals surface area contributed by atoms with Crippen LogP contribution in [0.25, 0.3) is 0 Å². The van der Waals surface area contributed by atoms with Crippen molar-refractivity contribution < 1.29 is 14.4 Å². The van der Waals surface area contributed by atoms with E-state index in [1.807, 2.05) is 18.0 Å². The van der Waals surface area contributed by atoms with Crippen molar-refractivity contribution in [1.82, 2.24) is 15.2 Å². The van der Waals surface area contributed by atoms with Crippen molar-refractivity contribution in [2.24, 2.45) is 0 Å². The summed E-state index contributed by atoms with van der Waals surface area (Å²) in [6, 6.07) is 8.47. The Morgan fingerprint density at radius 2 is 1.72 bits per heavy atom. The maximum Gasteiger partial charge on any atom is 0.329 e. The molecule has 150 valence electrons. The van der Waals surface area contributed by atoms with Crippen molar-refractivity contribution in [3.8, 4) is 0 Å². The summed E-state index contributed by atoms with van der Waals surface area (Å²) >= 11 is 0. The number of hydrogen-bond donors (Lipinski definition) is 1. The van der Waals surface area contributed by atoms with Crippen LogP contribution in [0.5, 0.6) is 0 Å². The number of urea groups is 1. The van der Waals surface area contributed by atoms with Gasteiger partial charge in [0.25, 0.3) is 5.91 Å². The molecule has 29 heavy (non-hydrogen) atoms. The number of carbonyl (C=O) groups is 3. The molecule has 0 aliphatic carbocycles. The van der Waals surface area contributed by atoms with Crippen LogP contribution in [0.1, 0.15) is 21.5 Å². The van der Waals surface area contributed by atoms with Crippen LogP contribution in [-0.4, -0.2) is 60.5 Å². The maximum absolute atomic E-state index is 12.8. The van der Waals surface area contributed by atoms with E-state index in [0.717, 1.165) is 30.0 Å². The first-order valence-corrected chi connectivity index (χ1v) is 9.61. The van der Waals surface area contributed by atoms with Crippen molar-refractivity contribution in [2.75, 3.05) is 42.5 Å². The Morgan fingerprint density at radius 3 is 2.31 bits per heavy atom. The van der Waals surface area contributed by atoms with Crippen molar-refractivity contribution >= 4 is 29.4 Å². The molecular weight excluding hydrogens is 370 g/mol. The van der Waals surface area contributed by atoms with Gasteiger partial charge in [-0.25, -0.2) is 9.78 Å². The third-order valence-electron chi connectivity index (χ3n) is 5.27. The molecule has 2 aliphatic rings. The molecule has 4 amide bonds. The van der Waals surface area contributed by atoms with Crippen LogP contribution in [0.3, 0.4) is 0 Å². The van der Waals surface area contributed by atoms with Gasteiger partial charge in [-0.3, -0.25) is 19.8 Å². The second kappa shape index (κ2) is 7.54. The van der Waals surface area contributed by atoms with Crippen molar-refractivity contribution in [1.29, 1.82) is 0 Å². The molecule has 1 N–H and O–H groups in total. The average molecular weight is 393 g/mol. The number of piperazine rings is 1. The van der Waals surface area contributed by atoms with Gasteiger partial charge < -0.3 is 9.80 Å². The molecule has 1 aromatic carbocycles. The predicted molar refractivity (Wildman–Crippen MR) is 109 cm³/mol. The first-order chi connectivity index (χ1) is 13.9. The number of nitrogens with one attached hydrogen (secondary N) is 1. The monoisotopic (exact) mass is 393 g/mol. The highest BCUT2D eigenvalue weighted by Gasteiger charge is 2.28. The SMILES string of the molecule is Cc1cnc(N2CCN(C(=O)c3ccc(N4CC(=O)NC4=O)cc3)CC2)c(C)c1. The van der Waals surface area contributed by atoms with Crippen LogP contribution < -0.4 is 15.1 Å². The molecule has 2 saturated heterocycles. The summed E-state index contributed by atoms with van der Waals surface area (Å²) in [5, 5.41) is 2.24. The Balaban J connectivity index is 1.39. The van der Waals surface area contributed by atoms with E-state index in [9.17, 15) is 14.4 Å². The van der Waals surface area contributed by atoms with Gasteiger partial charge in [-0.15, -0.1) is 0 Å². The molecule has 4 rings (SSSR count). The summed E-state index contributed by atoms with van der Waals surface area (Å²) in [4.78, 5) is 45.9. The zero-order valence-electron chi connectivity index (χ0n) is 16.5. The Labute approximate surface area is 169 Å². The summed E-state index contributed by atoms with van der Waals surface area (Å²) in [7, 11) is 0. The van der Waals surface area contributed by atoms with Gasteiger partial charge in [0.05, 0.1) is 0 Å². The van der Waals surface area contributed by atoms with Gasteiger partial charge in [0, 0.05) is 43.6 Å². The average Bonchev–Trinajstić information content (AvgIpc) is 3.06. The number of aryl methyl sites for hydroxylation is 2. The zero-order chi connectivity index (χ0) is 20.5. The molecule has 0 atom stereocenters. The molecular formula is C21H23N5O3. The number of amides is 4. The molecule has 2 aliphatic heterocycles. The fourth-order valence-corrected chi connectivity index (χ4v) is 3.78. The Bertz CT molecular complexity index is 965. The van der Waals surface area contributed by atoms with E-state index in [-0.39, 0.29) is 18.4 Å². The van der Waals surface area contributed by atoms with E-state index in [1.165, 1.54) is 4.90 Å². The number of hydrogen-bond acceptors (Lipinski definition) is 5. The van der Waals surface area contributed by atoms with Crippen LogP contribution in [-0.2, 0) is 4.79 Å². The number of pyridine rings is 1. The fourth-order valence-electron chi connectivity index (χ4n) is 3.78. The minimum atomic E-state index is -0.440. The minimum absolute atomic E-state index is 0.000545. The Kier molecular flexibility index (Phi) is 4.92. The quantitative estimate of drug-likeness (QED) is 0.803. The van der Waals surface area contributed by atoms with Crippen molar-refractivity contribution in [3.63, 3.8) is 0 Å². The summed E-state index contributed by atoms with van der Waals surface area (Å²) in [5.41, 5.74) is 3.44. The lowest BCUT2D eigenvalue weighted by Crippen LogP contribution is -2.49. The van der Waals surface area contributed by atoms with E-state index in [4.69, 9.17) is 0 Å². The van der Waals surface area contributed by atoms with E-state index >= 15 is 0 Å². The van der Waals surface area contributed by atoms with Crippen LogP contribution >= 0.6 is 0 Å². The van der Waals surface area contributed by atoms with Gasteiger partial charge in [0.1, 0.15) is 12.4 Å². The van der Waals surface area contributed by atoms with E-state index in [2.05, 4.69) is 28.2 Å². The summed E-state index contributed by atoms with van der Waals surface area (Å²) in [6.07, 6.45) is 1.87. The predicted octanol–water partition coefficient (Wildman–Crippen LogP) is 1.72. The standard InChI is InChI=1S/C21H23N5O3/c1-14-11-15(2)19(22-12-14)24-7-9-25(10-8-24)20(28)16-3-5-17(6-4-16)26-13-18(27)23-21(26)29/h3-6,11-12H,7-10,13H2,1-2H3,(H,23,27,29). The fraction of sp³-hybridized carbons (Fsp3) is 0.333. The summed E-state index contributed by atoms with van der Waals surface area (Å²) < 4.78 is 0. The number of imide groups is 1. The van der Waals surface area contributed by atoms with Crippen LogP contribution in [0, 0.1) is 13.8 Å². The topological polar surface area (TPSA) is 85.8 Å².